The molecular weight excluding hydrogens is 236 g/mol. The minimum Gasteiger partial charge on any atom is -0.481 e. The van der Waals surface area contributed by atoms with Crippen molar-refractivity contribution < 1.29 is 9.90 Å². The standard InChI is InChI=1S/C14H11ClO2/c15-12-8-6-11(7-9-12)13(14(16)17)10-4-2-1-3-5-10/h1-9,13H,(H,16,17). The minimum absolute atomic E-state index is 0.603. The molecule has 0 amide bonds. The number of carboxylic acid groups (broad SMARTS) is 1. The van der Waals surface area contributed by atoms with Gasteiger partial charge in [-0.25, -0.2) is 0 Å². The lowest BCUT2D eigenvalue weighted by atomic mass is 9.91. The molecule has 2 aromatic rings. The summed E-state index contributed by atoms with van der Waals surface area (Å²) in [6, 6.07) is 16.1. The molecule has 0 spiro atoms. The summed E-state index contributed by atoms with van der Waals surface area (Å²) in [6.07, 6.45) is 0. The molecule has 0 heterocycles. The zero-order valence-corrected chi connectivity index (χ0v) is 9.76. The Labute approximate surface area is 104 Å². The highest BCUT2D eigenvalue weighted by Gasteiger charge is 2.21. The van der Waals surface area contributed by atoms with Gasteiger partial charge in [0.2, 0.25) is 0 Å². The lowest BCUT2D eigenvalue weighted by molar-refractivity contribution is -0.137. The molecule has 17 heavy (non-hydrogen) atoms. The van der Waals surface area contributed by atoms with Crippen molar-refractivity contribution in [2.75, 3.05) is 0 Å². The molecule has 0 bridgehead atoms. The van der Waals surface area contributed by atoms with Gasteiger partial charge in [0.1, 0.15) is 5.92 Å². The Balaban J connectivity index is 2.43. The molecule has 2 aromatic carbocycles. The maximum Gasteiger partial charge on any atom is 0.315 e. The van der Waals surface area contributed by atoms with Crippen LogP contribution >= 0.6 is 11.6 Å². The number of aliphatic carboxylic acids is 1. The average molecular weight is 247 g/mol. The van der Waals surface area contributed by atoms with Gasteiger partial charge in [0.05, 0.1) is 0 Å². The Bertz CT molecular complexity index is 506. The van der Waals surface area contributed by atoms with Gasteiger partial charge >= 0.3 is 5.97 Å². The molecule has 0 aromatic heterocycles. The van der Waals surface area contributed by atoms with Gasteiger partial charge in [0, 0.05) is 5.02 Å². The minimum atomic E-state index is -0.862. The molecule has 86 valence electrons. The van der Waals surface area contributed by atoms with Crippen LogP contribution in [0.4, 0.5) is 0 Å². The maximum absolute atomic E-state index is 11.4. The second kappa shape index (κ2) is 5.02. The van der Waals surface area contributed by atoms with Gasteiger partial charge in [-0.15, -0.1) is 0 Å². The number of carboxylic acids is 1. The van der Waals surface area contributed by atoms with E-state index in [9.17, 15) is 9.90 Å². The topological polar surface area (TPSA) is 37.3 Å². The smallest absolute Gasteiger partial charge is 0.315 e. The van der Waals surface area contributed by atoms with Gasteiger partial charge in [-0.3, -0.25) is 4.79 Å². The fourth-order valence-electron chi connectivity index (χ4n) is 1.78. The fourth-order valence-corrected chi connectivity index (χ4v) is 1.90. The van der Waals surface area contributed by atoms with E-state index in [1.54, 1.807) is 24.3 Å². The first-order valence-corrected chi connectivity index (χ1v) is 5.59. The lowest BCUT2D eigenvalue weighted by Gasteiger charge is -2.13. The largest absolute Gasteiger partial charge is 0.481 e. The molecule has 2 rings (SSSR count). The third kappa shape index (κ3) is 2.66. The van der Waals surface area contributed by atoms with Crippen molar-refractivity contribution in [3.63, 3.8) is 0 Å². The van der Waals surface area contributed by atoms with Crippen molar-refractivity contribution in [1.29, 1.82) is 0 Å². The Morgan fingerprint density at radius 1 is 0.941 bits per heavy atom. The molecule has 2 nitrogen and oxygen atoms in total. The molecule has 0 aliphatic carbocycles. The normalized spacial score (nSPS) is 12.1. The highest BCUT2D eigenvalue weighted by Crippen LogP contribution is 2.25. The molecule has 0 aliphatic heterocycles. The second-order valence-electron chi connectivity index (χ2n) is 3.73. The van der Waals surface area contributed by atoms with Crippen LogP contribution in [0.2, 0.25) is 5.02 Å². The first-order valence-electron chi connectivity index (χ1n) is 5.21. The van der Waals surface area contributed by atoms with Gasteiger partial charge in [-0.2, -0.15) is 0 Å². The summed E-state index contributed by atoms with van der Waals surface area (Å²) < 4.78 is 0. The maximum atomic E-state index is 11.4. The van der Waals surface area contributed by atoms with Crippen LogP contribution in [0, 0.1) is 0 Å². The summed E-state index contributed by atoms with van der Waals surface area (Å²) in [6.45, 7) is 0. The molecule has 1 atom stereocenters. The predicted octanol–water partition coefficient (Wildman–Crippen LogP) is 3.56. The summed E-state index contributed by atoms with van der Waals surface area (Å²) in [7, 11) is 0. The van der Waals surface area contributed by atoms with Crippen LogP contribution in [0.15, 0.2) is 54.6 Å². The van der Waals surface area contributed by atoms with Crippen molar-refractivity contribution >= 4 is 17.6 Å². The summed E-state index contributed by atoms with van der Waals surface area (Å²) in [4.78, 5) is 11.4. The van der Waals surface area contributed by atoms with Crippen LogP contribution in [0.1, 0.15) is 17.0 Å². The Kier molecular flexibility index (Phi) is 3.45. The van der Waals surface area contributed by atoms with Gasteiger partial charge in [0.25, 0.3) is 0 Å². The molecule has 0 saturated carbocycles. The van der Waals surface area contributed by atoms with E-state index in [0.717, 1.165) is 11.1 Å². The highest BCUT2D eigenvalue weighted by molar-refractivity contribution is 6.30. The SMILES string of the molecule is O=C(O)C(c1ccccc1)c1ccc(Cl)cc1. The van der Waals surface area contributed by atoms with Crippen molar-refractivity contribution in [3.8, 4) is 0 Å². The molecule has 3 heteroatoms. The summed E-state index contributed by atoms with van der Waals surface area (Å²) >= 11 is 5.79. The molecule has 0 aliphatic rings. The van der Waals surface area contributed by atoms with E-state index in [1.807, 2.05) is 30.3 Å². The van der Waals surface area contributed by atoms with Gasteiger partial charge in [-0.1, -0.05) is 54.1 Å². The van der Waals surface area contributed by atoms with E-state index in [1.165, 1.54) is 0 Å². The fraction of sp³-hybridized carbons (Fsp3) is 0.0714. The predicted molar refractivity (Wildman–Crippen MR) is 67.4 cm³/mol. The molecule has 0 radical (unpaired) electrons. The van der Waals surface area contributed by atoms with E-state index in [4.69, 9.17) is 11.6 Å². The van der Waals surface area contributed by atoms with Crippen LogP contribution < -0.4 is 0 Å². The molecule has 1 N–H and O–H groups in total. The van der Waals surface area contributed by atoms with E-state index in [0.29, 0.717) is 5.02 Å². The number of rotatable bonds is 3. The zero-order chi connectivity index (χ0) is 12.3. The summed E-state index contributed by atoms with van der Waals surface area (Å²) in [5, 5.41) is 9.92. The first-order chi connectivity index (χ1) is 8.18. The third-order valence-corrected chi connectivity index (χ3v) is 2.84. The van der Waals surface area contributed by atoms with Gasteiger partial charge < -0.3 is 5.11 Å². The number of halogens is 1. The van der Waals surface area contributed by atoms with Gasteiger partial charge in [0.15, 0.2) is 0 Å². The van der Waals surface area contributed by atoms with Crippen LogP contribution in [0.25, 0.3) is 0 Å². The van der Waals surface area contributed by atoms with Crippen LogP contribution in [0.5, 0.6) is 0 Å². The average Bonchev–Trinajstić information content (AvgIpc) is 2.33. The van der Waals surface area contributed by atoms with Crippen molar-refractivity contribution in [2.45, 2.75) is 5.92 Å². The van der Waals surface area contributed by atoms with E-state index in [2.05, 4.69) is 0 Å². The quantitative estimate of drug-likeness (QED) is 0.899. The Hall–Kier alpha value is -1.80. The summed E-state index contributed by atoms with van der Waals surface area (Å²) in [5.41, 5.74) is 1.50. The van der Waals surface area contributed by atoms with Crippen LogP contribution in [-0.4, -0.2) is 11.1 Å². The number of carbonyl (C=O) groups is 1. The first kappa shape index (κ1) is 11.7. The van der Waals surface area contributed by atoms with E-state index >= 15 is 0 Å². The van der Waals surface area contributed by atoms with Crippen molar-refractivity contribution in [1.82, 2.24) is 0 Å². The van der Waals surface area contributed by atoms with E-state index in [-0.39, 0.29) is 0 Å². The molecular formula is C14H11ClO2. The molecule has 0 saturated heterocycles. The summed E-state index contributed by atoms with van der Waals surface area (Å²) in [5.74, 6) is -1.51. The zero-order valence-electron chi connectivity index (χ0n) is 9.01. The van der Waals surface area contributed by atoms with Crippen LogP contribution in [0.3, 0.4) is 0 Å². The second-order valence-corrected chi connectivity index (χ2v) is 4.17. The van der Waals surface area contributed by atoms with Crippen molar-refractivity contribution in [2.24, 2.45) is 0 Å². The highest BCUT2D eigenvalue weighted by atomic mass is 35.5. The van der Waals surface area contributed by atoms with Crippen LogP contribution in [-0.2, 0) is 4.79 Å². The Morgan fingerprint density at radius 2 is 1.47 bits per heavy atom. The lowest BCUT2D eigenvalue weighted by Crippen LogP contribution is -2.12. The monoisotopic (exact) mass is 246 g/mol. The Morgan fingerprint density at radius 3 is 2.00 bits per heavy atom. The van der Waals surface area contributed by atoms with Gasteiger partial charge in [-0.05, 0) is 23.3 Å². The third-order valence-electron chi connectivity index (χ3n) is 2.58. The number of benzene rings is 2. The molecule has 0 fully saturated rings. The van der Waals surface area contributed by atoms with E-state index < -0.39 is 11.9 Å². The number of hydrogen-bond donors (Lipinski definition) is 1. The van der Waals surface area contributed by atoms with Crippen molar-refractivity contribution in [3.05, 3.63) is 70.7 Å². The molecule has 1 unspecified atom stereocenters. The number of hydrogen-bond acceptors (Lipinski definition) is 1.